The lowest BCUT2D eigenvalue weighted by molar-refractivity contribution is -0.134. The third kappa shape index (κ3) is 2.71. The van der Waals surface area contributed by atoms with Crippen LogP contribution in [0, 0.1) is 0 Å². The van der Waals surface area contributed by atoms with Crippen molar-refractivity contribution < 1.29 is 4.79 Å². The molecule has 14 heavy (non-hydrogen) atoms. The highest BCUT2D eigenvalue weighted by Gasteiger charge is 2.24. The Morgan fingerprint density at radius 3 is 2.43 bits per heavy atom. The van der Waals surface area contributed by atoms with Gasteiger partial charge in [0.25, 0.3) is 0 Å². The quantitative estimate of drug-likeness (QED) is 0.743. The molecule has 1 aliphatic carbocycles. The molecule has 1 amide bonds. The van der Waals surface area contributed by atoms with Crippen molar-refractivity contribution in [3.8, 4) is 0 Å². The van der Waals surface area contributed by atoms with E-state index in [0.717, 1.165) is 0 Å². The van der Waals surface area contributed by atoms with Gasteiger partial charge in [0.15, 0.2) is 0 Å². The molecule has 0 aromatic rings. The normalized spacial score (nSPS) is 20.5. The van der Waals surface area contributed by atoms with Crippen molar-refractivity contribution >= 4 is 5.91 Å². The Hall–Kier alpha value is -0.570. The summed E-state index contributed by atoms with van der Waals surface area (Å²) in [5.74, 6) is 0.222. The summed E-state index contributed by atoms with van der Waals surface area (Å²) in [6.07, 6.45) is 6.24. The smallest absolute Gasteiger partial charge is 0.239 e. The first kappa shape index (κ1) is 11.5. The second kappa shape index (κ2) is 5.35. The van der Waals surface area contributed by atoms with E-state index in [4.69, 9.17) is 0 Å². The summed E-state index contributed by atoms with van der Waals surface area (Å²) in [6.45, 7) is 1.92. The molecule has 1 fully saturated rings. The molecule has 0 bridgehead atoms. The van der Waals surface area contributed by atoms with Crippen LogP contribution in [0.4, 0.5) is 0 Å². The molecule has 1 unspecified atom stereocenters. The van der Waals surface area contributed by atoms with Crippen LogP contribution < -0.4 is 5.32 Å². The van der Waals surface area contributed by atoms with E-state index in [9.17, 15) is 4.79 Å². The lowest BCUT2D eigenvalue weighted by atomic mass is 9.94. The van der Waals surface area contributed by atoms with Crippen LogP contribution in [-0.2, 0) is 4.79 Å². The van der Waals surface area contributed by atoms with Gasteiger partial charge in [0.05, 0.1) is 6.04 Å². The zero-order chi connectivity index (χ0) is 10.6. The molecule has 0 spiro atoms. The maximum atomic E-state index is 11.8. The van der Waals surface area contributed by atoms with Crippen LogP contribution in [0.3, 0.4) is 0 Å². The minimum Gasteiger partial charge on any atom is -0.341 e. The Balaban J connectivity index is 2.45. The van der Waals surface area contributed by atoms with Crippen LogP contribution in [-0.4, -0.2) is 37.0 Å². The monoisotopic (exact) mass is 198 g/mol. The molecular formula is C11H22N2O. The van der Waals surface area contributed by atoms with Crippen molar-refractivity contribution in [1.29, 1.82) is 0 Å². The van der Waals surface area contributed by atoms with Crippen LogP contribution in [0.1, 0.15) is 39.0 Å². The molecule has 3 heteroatoms. The first-order valence-corrected chi connectivity index (χ1v) is 5.60. The van der Waals surface area contributed by atoms with Gasteiger partial charge in [-0.05, 0) is 26.8 Å². The largest absolute Gasteiger partial charge is 0.341 e. The van der Waals surface area contributed by atoms with Gasteiger partial charge in [-0.15, -0.1) is 0 Å². The Bertz CT molecular complexity index is 188. The minimum atomic E-state index is -0.0538. The summed E-state index contributed by atoms with van der Waals surface area (Å²) in [4.78, 5) is 13.8. The number of carbonyl (C=O) groups excluding carboxylic acids is 1. The molecule has 0 radical (unpaired) electrons. The Kier molecular flexibility index (Phi) is 4.39. The summed E-state index contributed by atoms with van der Waals surface area (Å²) in [5.41, 5.74) is 0. The molecule has 1 rings (SSSR count). The van der Waals surface area contributed by atoms with Crippen LogP contribution in [0.25, 0.3) is 0 Å². The molecule has 0 aromatic heterocycles. The lowest BCUT2D eigenvalue weighted by Gasteiger charge is -2.32. The topological polar surface area (TPSA) is 32.3 Å². The van der Waals surface area contributed by atoms with Crippen LogP contribution in [0.2, 0.25) is 0 Å². The molecule has 0 saturated heterocycles. The van der Waals surface area contributed by atoms with Gasteiger partial charge in [-0.2, -0.15) is 0 Å². The van der Waals surface area contributed by atoms with Gasteiger partial charge in [0.1, 0.15) is 0 Å². The molecule has 3 nitrogen and oxygen atoms in total. The van der Waals surface area contributed by atoms with Crippen molar-refractivity contribution in [1.82, 2.24) is 10.2 Å². The average molecular weight is 198 g/mol. The van der Waals surface area contributed by atoms with E-state index in [1.807, 2.05) is 25.9 Å². The zero-order valence-corrected chi connectivity index (χ0v) is 9.55. The summed E-state index contributed by atoms with van der Waals surface area (Å²) < 4.78 is 0. The Morgan fingerprint density at radius 2 is 1.93 bits per heavy atom. The first-order chi connectivity index (χ1) is 6.66. The number of hydrogen-bond donors (Lipinski definition) is 1. The highest BCUT2D eigenvalue weighted by atomic mass is 16.2. The second-order valence-corrected chi connectivity index (χ2v) is 4.25. The molecule has 1 N–H and O–H groups in total. The molecular weight excluding hydrogens is 176 g/mol. The van der Waals surface area contributed by atoms with Gasteiger partial charge in [0, 0.05) is 13.1 Å². The SMILES string of the molecule is CNC(C)C(=O)N(C)C1CCCCC1. The van der Waals surface area contributed by atoms with Gasteiger partial charge >= 0.3 is 0 Å². The minimum absolute atomic E-state index is 0.0538. The van der Waals surface area contributed by atoms with Crippen LogP contribution in [0.15, 0.2) is 0 Å². The Morgan fingerprint density at radius 1 is 1.36 bits per heavy atom. The van der Waals surface area contributed by atoms with E-state index < -0.39 is 0 Å². The highest BCUT2D eigenvalue weighted by Crippen LogP contribution is 2.21. The summed E-state index contributed by atoms with van der Waals surface area (Å²) in [7, 11) is 3.77. The van der Waals surface area contributed by atoms with E-state index >= 15 is 0 Å². The summed E-state index contributed by atoms with van der Waals surface area (Å²) in [6, 6.07) is 0.425. The Labute approximate surface area is 86.9 Å². The van der Waals surface area contributed by atoms with Gasteiger partial charge in [-0.3, -0.25) is 4.79 Å². The number of nitrogens with one attached hydrogen (secondary N) is 1. The molecule has 82 valence electrons. The number of hydrogen-bond acceptors (Lipinski definition) is 2. The number of carbonyl (C=O) groups is 1. The predicted octanol–water partition coefficient (Wildman–Crippen LogP) is 1.39. The lowest BCUT2D eigenvalue weighted by Crippen LogP contribution is -2.46. The number of likely N-dealkylation sites (N-methyl/N-ethyl adjacent to an activating group) is 2. The van der Waals surface area contributed by atoms with Gasteiger partial charge in [-0.25, -0.2) is 0 Å². The molecule has 0 heterocycles. The fraction of sp³-hybridized carbons (Fsp3) is 0.909. The predicted molar refractivity (Wildman–Crippen MR) is 58.2 cm³/mol. The van der Waals surface area contributed by atoms with Crippen molar-refractivity contribution in [3.05, 3.63) is 0 Å². The molecule has 1 atom stereocenters. The van der Waals surface area contributed by atoms with Gasteiger partial charge in [0.2, 0.25) is 5.91 Å². The maximum absolute atomic E-state index is 11.8. The first-order valence-electron chi connectivity index (χ1n) is 5.60. The fourth-order valence-electron chi connectivity index (χ4n) is 2.08. The molecule has 1 aliphatic rings. The molecule has 1 saturated carbocycles. The van der Waals surface area contributed by atoms with Gasteiger partial charge < -0.3 is 10.2 Å². The van der Waals surface area contributed by atoms with Crippen LogP contribution in [0.5, 0.6) is 0 Å². The third-order valence-corrected chi connectivity index (χ3v) is 3.27. The summed E-state index contributed by atoms with van der Waals surface area (Å²) >= 11 is 0. The maximum Gasteiger partial charge on any atom is 0.239 e. The standard InChI is InChI=1S/C11H22N2O/c1-9(12-2)11(14)13(3)10-7-5-4-6-8-10/h9-10,12H,4-8H2,1-3H3. The van der Waals surface area contributed by atoms with E-state index in [2.05, 4.69) is 5.32 Å². The fourth-order valence-corrected chi connectivity index (χ4v) is 2.08. The van der Waals surface area contributed by atoms with E-state index in [1.54, 1.807) is 0 Å². The molecule has 0 aliphatic heterocycles. The second-order valence-electron chi connectivity index (χ2n) is 4.25. The summed E-state index contributed by atoms with van der Waals surface area (Å²) in [5, 5.41) is 2.99. The van der Waals surface area contributed by atoms with E-state index in [-0.39, 0.29) is 11.9 Å². The van der Waals surface area contributed by atoms with Crippen LogP contribution >= 0.6 is 0 Å². The van der Waals surface area contributed by atoms with Crippen molar-refractivity contribution in [3.63, 3.8) is 0 Å². The number of amides is 1. The average Bonchev–Trinajstić information content (AvgIpc) is 2.27. The highest BCUT2D eigenvalue weighted by molar-refractivity contribution is 5.81. The van der Waals surface area contributed by atoms with Gasteiger partial charge in [-0.1, -0.05) is 19.3 Å². The number of nitrogens with zero attached hydrogens (tertiary/aromatic N) is 1. The van der Waals surface area contributed by atoms with E-state index in [1.165, 1.54) is 32.1 Å². The van der Waals surface area contributed by atoms with Crippen molar-refractivity contribution in [2.24, 2.45) is 0 Å². The van der Waals surface area contributed by atoms with E-state index in [0.29, 0.717) is 6.04 Å². The molecule has 0 aromatic carbocycles. The third-order valence-electron chi connectivity index (χ3n) is 3.27. The number of rotatable bonds is 3. The van der Waals surface area contributed by atoms with Crippen molar-refractivity contribution in [2.75, 3.05) is 14.1 Å². The zero-order valence-electron chi connectivity index (χ0n) is 9.55. The van der Waals surface area contributed by atoms with Crippen molar-refractivity contribution in [2.45, 2.75) is 51.1 Å².